The highest BCUT2D eigenvalue weighted by Crippen LogP contribution is 2.33. The maximum atomic E-state index is 11.5. The third-order valence-electron chi connectivity index (χ3n) is 2.80. The summed E-state index contributed by atoms with van der Waals surface area (Å²) in [6.07, 6.45) is 0. The second kappa shape index (κ2) is 4.04. The van der Waals surface area contributed by atoms with Gasteiger partial charge in [0, 0.05) is 6.07 Å². The highest BCUT2D eigenvalue weighted by Gasteiger charge is 2.26. The third kappa shape index (κ3) is 1.83. The molecule has 86 valence electrons. The molecule has 1 aliphatic rings. The van der Waals surface area contributed by atoms with E-state index in [4.69, 9.17) is 4.74 Å². The number of amides is 2. The molecule has 4 nitrogen and oxygen atoms in total. The minimum Gasteiger partial charge on any atom is -0.497 e. The van der Waals surface area contributed by atoms with Crippen LogP contribution in [0.5, 0.6) is 5.75 Å². The van der Waals surface area contributed by atoms with E-state index in [2.05, 4.69) is 24.5 Å². The summed E-state index contributed by atoms with van der Waals surface area (Å²) >= 11 is 0. The van der Waals surface area contributed by atoms with Crippen LogP contribution in [0.1, 0.15) is 25.5 Å². The molecule has 16 heavy (non-hydrogen) atoms. The number of carbonyl (C=O) groups excluding carboxylic acids is 1. The number of anilines is 1. The lowest BCUT2D eigenvalue weighted by Gasteiger charge is -2.30. The molecule has 0 aromatic heterocycles. The van der Waals surface area contributed by atoms with Crippen molar-refractivity contribution in [1.82, 2.24) is 5.32 Å². The number of hydrogen-bond donors (Lipinski definition) is 2. The van der Waals surface area contributed by atoms with Gasteiger partial charge in [0.25, 0.3) is 0 Å². The van der Waals surface area contributed by atoms with E-state index in [9.17, 15) is 4.79 Å². The van der Waals surface area contributed by atoms with Gasteiger partial charge in [-0.3, -0.25) is 0 Å². The summed E-state index contributed by atoms with van der Waals surface area (Å²) in [4.78, 5) is 11.5. The van der Waals surface area contributed by atoms with Crippen LogP contribution < -0.4 is 15.4 Å². The molecule has 4 heteroatoms. The van der Waals surface area contributed by atoms with E-state index in [1.165, 1.54) is 0 Å². The van der Waals surface area contributed by atoms with Crippen LogP contribution in [0, 0.1) is 5.92 Å². The summed E-state index contributed by atoms with van der Waals surface area (Å²) in [6, 6.07) is 5.66. The predicted octanol–water partition coefficient (Wildman–Crippen LogP) is 2.53. The van der Waals surface area contributed by atoms with E-state index in [1.54, 1.807) is 7.11 Å². The van der Waals surface area contributed by atoms with Crippen molar-refractivity contribution >= 4 is 11.7 Å². The molecule has 0 radical (unpaired) electrons. The Morgan fingerprint density at radius 1 is 1.38 bits per heavy atom. The Balaban J connectivity index is 2.43. The normalized spacial score (nSPS) is 18.8. The first-order valence-corrected chi connectivity index (χ1v) is 5.37. The van der Waals surface area contributed by atoms with Crippen molar-refractivity contribution in [3.05, 3.63) is 23.8 Å². The van der Waals surface area contributed by atoms with Crippen molar-refractivity contribution in [1.29, 1.82) is 0 Å². The number of benzene rings is 1. The fourth-order valence-electron chi connectivity index (χ4n) is 1.94. The topological polar surface area (TPSA) is 50.4 Å². The van der Waals surface area contributed by atoms with Crippen LogP contribution in [0.2, 0.25) is 0 Å². The number of methoxy groups -OCH3 is 1. The minimum atomic E-state index is -0.153. The molecule has 1 aromatic rings. The van der Waals surface area contributed by atoms with Gasteiger partial charge in [-0.2, -0.15) is 0 Å². The van der Waals surface area contributed by atoms with Crippen molar-refractivity contribution < 1.29 is 9.53 Å². The summed E-state index contributed by atoms with van der Waals surface area (Å²) < 4.78 is 5.14. The first kappa shape index (κ1) is 10.8. The van der Waals surface area contributed by atoms with Crippen LogP contribution in [0.4, 0.5) is 10.5 Å². The molecule has 1 heterocycles. The van der Waals surface area contributed by atoms with Gasteiger partial charge in [-0.05, 0) is 17.5 Å². The average Bonchev–Trinajstić information content (AvgIpc) is 2.26. The zero-order valence-electron chi connectivity index (χ0n) is 9.70. The number of nitrogens with one attached hydrogen (secondary N) is 2. The first-order valence-electron chi connectivity index (χ1n) is 5.37. The number of ether oxygens (including phenoxy) is 1. The van der Waals surface area contributed by atoms with Gasteiger partial charge in [-0.15, -0.1) is 0 Å². The number of rotatable bonds is 2. The zero-order valence-corrected chi connectivity index (χ0v) is 9.70. The Morgan fingerprint density at radius 2 is 2.12 bits per heavy atom. The van der Waals surface area contributed by atoms with Gasteiger partial charge in [0.05, 0.1) is 18.8 Å². The monoisotopic (exact) mass is 220 g/mol. The molecule has 2 amide bonds. The molecule has 0 bridgehead atoms. The maximum Gasteiger partial charge on any atom is 0.319 e. The predicted molar refractivity (Wildman–Crippen MR) is 62.7 cm³/mol. The number of carbonyl (C=O) groups is 1. The van der Waals surface area contributed by atoms with Crippen LogP contribution in [-0.2, 0) is 0 Å². The summed E-state index contributed by atoms with van der Waals surface area (Å²) in [7, 11) is 1.62. The van der Waals surface area contributed by atoms with E-state index in [-0.39, 0.29) is 12.1 Å². The van der Waals surface area contributed by atoms with Crippen molar-refractivity contribution in [2.24, 2.45) is 5.92 Å². The Morgan fingerprint density at radius 3 is 2.75 bits per heavy atom. The fraction of sp³-hybridized carbons (Fsp3) is 0.417. The molecule has 1 aliphatic heterocycles. The quantitative estimate of drug-likeness (QED) is 0.804. The molecule has 2 rings (SSSR count). The standard InChI is InChI=1S/C12H16N2O2/c1-7(2)11-9-5-4-8(16-3)6-10(9)13-12(15)14-11/h4-7,11H,1-3H3,(H2,13,14,15). The summed E-state index contributed by atoms with van der Waals surface area (Å²) in [5, 5.41) is 5.71. The van der Waals surface area contributed by atoms with Crippen LogP contribution in [0.15, 0.2) is 18.2 Å². The van der Waals surface area contributed by atoms with E-state index in [1.807, 2.05) is 18.2 Å². The Labute approximate surface area is 95.0 Å². The maximum absolute atomic E-state index is 11.5. The molecule has 1 unspecified atom stereocenters. The molecule has 0 fully saturated rings. The summed E-state index contributed by atoms with van der Waals surface area (Å²) in [5.74, 6) is 1.11. The molecular formula is C12H16N2O2. The lowest BCUT2D eigenvalue weighted by atomic mass is 9.93. The molecule has 0 aliphatic carbocycles. The second-order valence-electron chi connectivity index (χ2n) is 4.27. The van der Waals surface area contributed by atoms with E-state index >= 15 is 0 Å². The second-order valence-corrected chi connectivity index (χ2v) is 4.27. The largest absolute Gasteiger partial charge is 0.497 e. The van der Waals surface area contributed by atoms with Gasteiger partial charge in [0.2, 0.25) is 0 Å². The number of hydrogen-bond acceptors (Lipinski definition) is 2. The SMILES string of the molecule is COc1ccc2c(c1)NC(=O)NC2C(C)C. The summed E-state index contributed by atoms with van der Waals surface area (Å²) in [6.45, 7) is 4.18. The van der Waals surface area contributed by atoms with Crippen LogP contribution >= 0.6 is 0 Å². The third-order valence-corrected chi connectivity index (χ3v) is 2.80. The van der Waals surface area contributed by atoms with Gasteiger partial charge in [-0.25, -0.2) is 4.79 Å². The zero-order chi connectivity index (χ0) is 11.7. The molecule has 2 N–H and O–H groups in total. The lowest BCUT2D eigenvalue weighted by molar-refractivity contribution is 0.243. The average molecular weight is 220 g/mol. The van der Waals surface area contributed by atoms with Crippen LogP contribution in [0.3, 0.4) is 0 Å². The molecule has 0 saturated heterocycles. The Hall–Kier alpha value is -1.71. The van der Waals surface area contributed by atoms with Gasteiger partial charge in [-0.1, -0.05) is 19.9 Å². The van der Waals surface area contributed by atoms with Gasteiger partial charge in [0.15, 0.2) is 0 Å². The molecule has 1 aromatic carbocycles. The molecule has 0 saturated carbocycles. The first-order chi connectivity index (χ1) is 7.61. The van der Waals surface area contributed by atoms with Crippen molar-refractivity contribution in [2.75, 3.05) is 12.4 Å². The van der Waals surface area contributed by atoms with Crippen molar-refractivity contribution in [3.63, 3.8) is 0 Å². The van der Waals surface area contributed by atoms with Crippen LogP contribution in [0.25, 0.3) is 0 Å². The summed E-state index contributed by atoms with van der Waals surface area (Å²) in [5.41, 5.74) is 1.94. The lowest BCUT2D eigenvalue weighted by Crippen LogP contribution is -2.39. The van der Waals surface area contributed by atoms with Gasteiger partial charge in [0.1, 0.15) is 5.75 Å². The van der Waals surface area contributed by atoms with E-state index in [0.29, 0.717) is 5.92 Å². The molecule has 0 spiro atoms. The Kier molecular flexibility index (Phi) is 2.73. The molecular weight excluding hydrogens is 204 g/mol. The number of fused-ring (bicyclic) bond motifs is 1. The van der Waals surface area contributed by atoms with E-state index < -0.39 is 0 Å². The smallest absolute Gasteiger partial charge is 0.319 e. The van der Waals surface area contributed by atoms with Crippen molar-refractivity contribution in [3.8, 4) is 5.75 Å². The van der Waals surface area contributed by atoms with Crippen molar-refractivity contribution in [2.45, 2.75) is 19.9 Å². The minimum absolute atomic E-state index is 0.0645. The molecule has 1 atom stereocenters. The number of urea groups is 1. The highest BCUT2D eigenvalue weighted by atomic mass is 16.5. The van der Waals surface area contributed by atoms with Gasteiger partial charge < -0.3 is 15.4 Å². The van der Waals surface area contributed by atoms with Crippen LogP contribution in [-0.4, -0.2) is 13.1 Å². The highest BCUT2D eigenvalue weighted by molar-refractivity contribution is 5.93. The van der Waals surface area contributed by atoms with E-state index in [0.717, 1.165) is 17.0 Å². The van der Waals surface area contributed by atoms with Gasteiger partial charge >= 0.3 is 6.03 Å². The fourth-order valence-corrected chi connectivity index (χ4v) is 1.94. The Bertz CT molecular complexity index is 415.